The van der Waals surface area contributed by atoms with Gasteiger partial charge in [-0.1, -0.05) is 0 Å². The highest BCUT2D eigenvalue weighted by molar-refractivity contribution is 5.89. The number of ether oxygens (including phenoxy) is 2. The van der Waals surface area contributed by atoms with Crippen molar-refractivity contribution in [1.82, 2.24) is 0 Å². The van der Waals surface area contributed by atoms with Gasteiger partial charge in [-0.05, 0) is 62.5 Å². The van der Waals surface area contributed by atoms with Crippen molar-refractivity contribution in [3.63, 3.8) is 0 Å². The third-order valence-electron chi connectivity index (χ3n) is 5.38. The average Bonchev–Trinajstić information content (AvgIpc) is 3.02. The van der Waals surface area contributed by atoms with Crippen molar-refractivity contribution in [3.8, 4) is 0 Å². The number of hydrogen-bond donors (Lipinski definition) is 0. The molecule has 0 aliphatic heterocycles. The second-order valence-electron chi connectivity index (χ2n) is 7.00. The smallest absolute Gasteiger partial charge is 0.338 e. The Balaban J connectivity index is 1.66. The molecule has 23 heavy (non-hydrogen) atoms. The van der Waals surface area contributed by atoms with Crippen molar-refractivity contribution < 1.29 is 23.0 Å². The van der Waals surface area contributed by atoms with E-state index in [9.17, 15) is 13.6 Å². The molecule has 3 nitrogen and oxygen atoms in total. The monoisotopic (exact) mass is 324 g/mol. The maximum absolute atomic E-state index is 13.3. The van der Waals surface area contributed by atoms with Crippen LogP contribution in [0.5, 0.6) is 0 Å². The van der Waals surface area contributed by atoms with Crippen molar-refractivity contribution >= 4 is 5.97 Å². The zero-order valence-corrected chi connectivity index (χ0v) is 13.4. The van der Waals surface area contributed by atoms with Crippen molar-refractivity contribution in [2.75, 3.05) is 13.7 Å². The lowest BCUT2D eigenvalue weighted by Crippen LogP contribution is -2.30. The summed E-state index contributed by atoms with van der Waals surface area (Å²) in [4.78, 5) is 12.3. The van der Waals surface area contributed by atoms with Gasteiger partial charge in [0.25, 0.3) is 0 Å². The molecule has 2 saturated carbocycles. The third kappa shape index (κ3) is 3.39. The lowest BCUT2D eigenvalue weighted by Gasteiger charge is -2.27. The number of benzene rings is 1. The van der Waals surface area contributed by atoms with Gasteiger partial charge in [0.05, 0.1) is 5.56 Å². The van der Waals surface area contributed by atoms with Crippen molar-refractivity contribution in [2.24, 2.45) is 5.41 Å². The molecule has 0 unspecified atom stereocenters. The fourth-order valence-electron chi connectivity index (χ4n) is 4.27. The van der Waals surface area contributed by atoms with Gasteiger partial charge in [0.1, 0.15) is 17.2 Å². The molecular weight excluding hydrogens is 302 g/mol. The number of hydrogen-bond acceptors (Lipinski definition) is 3. The fourth-order valence-corrected chi connectivity index (χ4v) is 4.27. The molecule has 0 amide bonds. The van der Waals surface area contributed by atoms with Gasteiger partial charge >= 0.3 is 5.97 Å². The molecule has 2 bridgehead atoms. The molecule has 0 heterocycles. The highest BCUT2D eigenvalue weighted by Crippen LogP contribution is 2.60. The molecular formula is C18H22F2O3. The van der Waals surface area contributed by atoms with E-state index in [0.29, 0.717) is 0 Å². The molecule has 0 aromatic heterocycles. The number of halogens is 2. The fraction of sp³-hybridized carbons (Fsp3) is 0.611. The van der Waals surface area contributed by atoms with Crippen LogP contribution >= 0.6 is 0 Å². The second kappa shape index (κ2) is 6.19. The Labute approximate surface area is 135 Å². The Morgan fingerprint density at radius 3 is 2.39 bits per heavy atom. The van der Waals surface area contributed by atoms with E-state index >= 15 is 0 Å². The lowest BCUT2D eigenvalue weighted by molar-refractivity contribution is -0.0133. The number of methoxy groups -OCH3 is 1. The first-order chi connectivity index (χ1) is 11.0. The van der Waals surface area contributed by atoms with Gasteiger partial charge in [0.15, 0.2) is 0 Å². The highest BCUT2D eigenvalue weighted by Gasteiger charge is 2.56. The minimum atomic E-state index is -0.763. The van der Waals surface area contributed by atoms with E-state index in [0.717, 1.165) is 69.8 Å². The van der Waals surface area contributed by atoms with E-state index in [1.807, 2.05) is 0 Å². The number of esters is 1. The number of rotatable bonds is 6. The number of carbonyl (C=O) groups excluding carboxylic acids is 1. The van der Waals surface area contributed by atoms with Crippen LogP contribution in [0, 0.1) is 17.0 Å². The van der Waals surface area contributed by atoms with E-state index in [1.54, 1.807) is 7.11 Å². The normalized spacial score (nSPS) is 29.0. The molecule has 1 aromatic carbocycles. The first-order valence-corrected chi connectivity index (χ1v) is 8.14. The Hall–Kier alpha value is -1.49. The van der Waals surface area contributed by atoms with Gasteiger partial charge in [-0.25, -0.2) is 13.6 Å². The zero-order chi connectivity index (χ0) is 16.5. The van der Waals surface area contributed by atoms with Gasteiger partial charge in [-0.15, -0.1) is 0 Å². The summed E-state index contributed by atoms with van der Waals surface area (Å²) < 4.78 is 37.4. The Kier molecular flexibility index (Phi) is 4.41. The van der Waals surface area contributed by atoms with E-state index in [4.69, 9.17) is 9.47 Å². The second-order valence-corrected chi connectivity index (χ2v) is 7.00. The highest BCUT2D eigenvalue weighted by atomic mass is 19.1. The van der Waals surface area contributed by atoms with Gasteiger partial charge in [-0.2, -0.15) is 0 Å². The van der Waals surface area contributed by atoms with Crippen molar-refractivity contribution in [3.05, 3.63) is 35.4 Å². The SMILES string of the molecule is COCCCC12CCC(OC(=O)c3cc(F)cc(F)c3)(CC1)C2. The summed E-state index contributed by atoms with van der Waals surface area (Å²) in [6, 6.07) is 2.80. The van der Waals surface area contributed by atoms with Crippen LogP contribution in [0.3, 0.4) is 0 Å². The van der Waals surface area contributed by atoms with Gasteiger partial charge in [0.2, 0.25) is 0 Å². The van der Waals surface area contributed by atoms with Crippen LogP contribution in [-0.2, 0) is 9.47 Å². The summed E-state index contributed by atoms with van der Waals surface area (Å²) in [5.41, 5.74) is -0.264. The van der Waals surface area contributed by atoms with E-state index < -0.39 is 23.2 Å². The largest absolute Gasteiger partial charge is 0.455 e. The van der Waals surface area contributed by atoms with Crippen LogP contribution in [0.2, 0.25) is 0 Å². The summed E-state index contributed by atoms with van der Waals surface area (Å²) in [7, 11) is 1.70. The number of carbonyl (C=O) groups is 1. The first-order valence-electron chi connectivity index (χ1n) is 8.14. The maximum atomic E-state index is 13.3. The summed E-state index contributed by atoms with van der Waals surface area (Å²) in [6.45, 7) is 0.747. The minimum absolute atomic E-state index is 0.0549. The predicted octanol–water partition coefficient (Wildman–Crippen LogP) is 4.25. The third-order valence-corrected chi connectivity index (χ3v) is 5.38. The van der Waals surface area contributed by atoms with E-state index in [-0.39, 0.29) is 11.0 Å². The Morgan fingerprint density at radius 1 is 1.13 bits per heavy atom. The molecule has 2 fully saturated rings. The van der Waals surface area contributed by atoms with Crippen molar-refractivity contribution in [1.29, 1.82) is 0 Å². The molecule has 2 aliphatic carbocycles. The molecule has 0 radical (unpaired) electrons. The predicted molar refractivity (Wildman–Crippen MR) is 81.1 cm³/mol. The molecule has 0 spiro atoms. The molecule has 0 saturated heterocycles. The van der Waals surface area contributed by atoms with Crippen LogP contribution < -0.4 is 0 Å². The van der Waals surface area contributed by atoms with Crippen LogP contribution in [0.25, 0.3) is 0 Å². The van der Waals surface area contributed by atoms with Gasteiger partial charge in [-0.3, -0.25) is 0 Å². The van der Waals surface area contributed by atoms with Crippen LogP contribution in [0.1, 0.15) is 55.3 Å². The van der Waals surface area contributed by atoms with Crippen molar-refractivity contribution in [2.45, 2.75) is 50.5 Å². The van der Waals surface area contributed by atoms with Crippen LogP contribution in [0.4, 0.5) is 8.78 Å². The standard InChI is InChI=1S/C18H22F2O3/c1-22-8-2-3-17-4-6-18(12-17,7-5-17)23-16(21)13-9-14(19)11-15(20)10-13/h9-11H,2-8,12H2,1H3. The quantitative estimate of drug-likeness (QED) is 0.579. The maximum Gasteiger partial charge on any atom is 0.338 e. The lowest BCUT2D eigenvalue weighted by atomic mass is 9.80. The Bertz CT molecular complexity index is 572. The summed E-state index contributed by atoms with van der Waals surface area (Å²) in [5.74, 6) is -2.15. The van der Waals surface area contributed by atoms with Crippen LogP contribution in [0.15, 0.2) is 18.2 Å². The van der Waals surface area contributed by atoms with Gasteiger partial charge < -0.3 is 9.47 Å². The van der Waals surface area contributed by atoms with E-state index in [1.165, 1.54) is 0 Å². The summed E-state index contributed by atoms with van der Waals surface area (Å²) in [5, 5.41) is 0. The summed E-state index contributed by atoms with van der Waals surface area (Å²) in [6.07, 6.45) is 6.70. The van der Waals surface area contributed by atoms with Crippen LogP contribution in [-0.4, -0.2) is 25.3 Å². The molecule has 0 N–H and O–H groups in total. The molecule has 126 valence electrons. The average molecular weight is 324 g/mol. The van der Waals surface area contributed by atoms with E-state index in [2.05, 4.69) is 0 Å². The topological polar surface area (TPSA) is 35.5 Å². The Morgan fingerprint density at radius 2 is 1.78 bits per heavy atom. The molecule has 0 atom stereocenters. The molecule has 3 rings (SSSR count). The van der Waals surface area contributed by atoms with Gasteiger partial charge in [0, 0.05) is 19.8 Å². The number of fused-ring (bicyclic) bond motifs is 2. The molecule has 5 heteroatoms. The molecule has 2 aliphatic rings. The molecule has 1 aromatic rings. The first kappa shape index (κ1) is 16.4. The zero-order valence-electron chi connectivity index (χ0n) is 13.4. The summed E-state index contributed by atoms with van der Waals surface area (Å²) >= 11 is 0. The minimum Gasteiger partial charge on any atom is -0.455 e.